The predicted octanol–water partition coefficient (Wildman–Crippen LogP) is 2.27. The lowest BCUT2D eigenvalue weighted by Crippen LogP contribution is -2.52. The highest BCUT2D eigenvalue weighted by Crippen LogP contribution is 2.29. The number of rotatable bonds is 5. The second-order valence-electron chi connectivity index (χ2n) is 6.53. The molecule has 0 saturated heterocycles. The van der Waals surface area contributed by atoms with Gasteiger partial charge in [0.25, 0.3) is 0 Å². The molecule has 0 radical (unpaired) electrons. The molecule has 18 heavy (non-hydrogen) atoms. The summed E-state index contributed by atoms with van der Waals surface area (Å²) in [6.45, 7) is 8.39. The molecule has 0 aromatic carbocycles. The van der Waals surface area contributed by atoms with Crippen molar-refractivity contribution in [3.8, 4) is 0 Å². The van der Waals surface area contributed by atoms with Gasteiger partial charge in [-0.05, 0) is 37.5 Å². The smallest absolute Gasteiger partial charge is 0.315 e. The van der Waals surface area contributed by atoms with E-state index < -0.39 is 0 Å². The third-order valence-corrected chi connectivity index (χ3v) is 3.98. The Morgan fingerprint density at radius 2 is 1.94 bits per heavy atom. The summed E-state index contributed by atoms with van der Waals surface area (Å²) in [5, 5.41) is 15.1. The molecule has 2 atom stereocenters. The van der Waals surface area contributed by atoms with Crippen LogP contribution in [-0.4, -0.2) is 29.8 Å². The SMILES string of the molecule is C[C@@H](NC(=O)N[C@@H](CCO)C(C)(C)C)C1CCC1. The van der Waals surface area contributed by atoms with Crippen LogP contribution in [0.5, 0.6) is 0 Å². The standard InChI is InChI=1S/C14H28N2O2/c1-10(11-6-5-7-11)15-13(18)16-12(8-9-17)14(2,3)4/h10-12,17H,5-9H2,1-4H3,(H2,15,16,18)/t10-,12+/m1/s1. The third-order valence-electron chi connectivity index (χ3n) is 3.98. The van der Waals surface area contributed by atoms with E-state index in [0.29, 0.717) is 12.3 Å². The van der Waals surface area contributed by atoms with Crippen LogP contribution in [0.3, 0.4) is 0 Å². The molecule has 106 valence electrons. The second-order valence-corrected chi connectivity index (χ2v) is 6.53. The largest absolute Gasteiger partial charge is 0.396 e. The van der Waals surface area contributed by atoms with Crippen molar-refractivity contribution in [1.82, 2.24) is 10.6 Å². The molecule has 0 heterocycles. The van der Waals surface area contributed by atoms with Crippen molar-refractivity contribution < 1.29 is 9.90 Å². The number of hydrogen-bond acceptors (Lipinski definition) is 2. The molecule has 0 spiro atoms. The van der Waals surface area contributed by atoms with Gasteiger partial charge in [-0.15, -0.1) is 0 Å². The summed E-state index contributed by atoms with van der Waals surface area (Å²) in [5.74, 6) is 0.640. The second kappa shape index (κ2) is 6.41. The van der Waals surface area contributed by atoms with Crippen LogP contribution in [0.15, 0.2) is 0 Å². The van der Waals surface area contributed by atoms with E-state index in [1.165, 1.54) is 19.3 Å². The molecule has 3 N–H and O–H groups in total. The van der Waals surface area contributed by atoms with Gasteiger partial charge in [-0.3, -0.25) is 0 Å². The number of amides is 2. The van der Waals surface area contributed by atoms with Gasteiger partial charge >= 0.3 is 6.03 Å². The molecule has 2 amide bonds. The lowest BCUT2D eigenvalue weighted by atomic mass is 9.80. The lowest BCUT2D eigenvalue weighted by molar-refractivity contribution is 0.180. The van der Waals surface area contributed by atoms with Crippen LogP contribution < -0.4 is 10.6 Å². The molecule has 0 bridgehead atoms. The average molecular weight is 256 g/mol. The number of aliphatic hydroxyl groups is 1. The van der Waals surface area contributed by atoms with Crippen molar-refractivity contribution in [2.45, 2.75) is 65.5 Å². The summed E-state index contributed by atoms with van der Waals surface area (Å²) in [4.78, 5) is 11.9. The molecule has 0 aromatic rings. The van der Waals surface area contributed by atoms with E-state index in [1.54, 1.807) is 0 Å². The zero-order valence-electron chi connectivity index (χ0n) is 12.1. The van der Waals surface area contributed by atoms with Gasteiger partial charge in [0, 0.05) is 18.7 Å². The molecular weight excluding hydrogens is 228 g/mol. The maximum Gasteiger partial charge on any atom is 0.315 e. The van der Waals surface area contributed by atoms with Crippen LogP contribution in [0.25, 0.3) is 0 Å². The molecule has 1 rings (SSSR count). The zero-order chi connectivity index (χ0) is 13.8. The molecule has 1 saturated carbocycles. The Kier molecular flexibility index (Phi) is 5.45. The fourth-order valence-corrected chi connectivity index (χ4v) is 2.32. The van der Waals surface area contributed by atoms with Gasteiger partial charge in [-0.1, -0.05) is 27.2 Å². The molecular formula is C14H28N2O2. The van der Waals surface area contributed by atoms with Crippen molar-refractivity contribution in [2.75, 3.05) is 6.61 Å². The van der Waals surface area contributed by atoms with Crippen LogP contribution >= 0.6 is 0 Å². The van der Waals surface area contributed by atoms with Crippen LogP contribution in [0.1, 0.15) is 53.4 Å². The number of aliphatic hydroxyl groups excluding tert-OH is 1. The number of carbonyl (C=O) groups excluding carboxylic acids is 1. The molecule has 1 fully saturated rings. The molecule has 4 nitrogen and oxygen atoms in total. The Labute approximate surface area is 111 Å². The Balaban J connectivity index is 2.40. The average Bonchev–Trinajstić information content (AvgIpc) is 2.12. The Hall–Kier alpha value is -0.770. The summed E-state index contributed by atoms with van der Waals surface area (Å²) in [6.07, 6.45) is 4.32. The maximum atomic E-state index is 11.9. The molecule has 1 aliphatic carbocycles. The summed E-state index contributed by atoms with van der Waals surface area (Å²) < 4.78 is 0. The number of carbonyl (C=O) groups is 1. The van der Waals surface area contributed by atoms with E-state index in [4.69, 9.17) is 5.11 Å². The van der Waals surface area contributed by atoms with Crippen molar-refractivity contribution in [3.05, 3.63) is 0 Å². The van der Waals surface area contributed by atoms with E-state index in [9.17, 15) is 4.79 Å². The van der Waals surface area contributed by atoms with Crippen molar-refractivity contribution in [1.29, 1.82) is 0 Å². The zero-order valence-corrected chi connectivity index (χ0v) is 12.1. The molecule has 0 unspecified atom stereocenters. The summed E-state index contributed by atoms with van der Waals surface area (Å²) in [6, 6.07) is 0.132. The Morgan fingerprint density at radius 3 is 2.33 bits per heavy atom. The minimum atomic E-state index is -0.109. The van der Waals surface area contributed by atoms with Gasteiger partial charge < -0.3 is 15.7 Å². The van der Waals surface area contributed by atoms with E-state index in [0.717, 1.165) is 0 Å². The van der Waals surface area contributed by atoms with Crippen molar-refractivity contribution >= 4 is 6.03 Å². The monoisotopic (exact) mass is 256 g/mol. The van der Waals surface area contributed by atoms with Gasteiger partial charge in [0.2, 0.25) is 0 Å². The van der Waals surface area contributed by atoms with Gasteiger partial charge in [0.15, 0.2) is 0 Å². The van der Waals surface area contributed by atoms with E-state index in [2.05, 4.69) is 38.3 Å². The van der Waals surface area contributed by atoms with Gasteiger partial charge in [0.05, 0.1) is 0 Å². The maximum absolute atomic E-state index is 11.9. The Bertz CT molecular complexity index is 269. The number of hydrogen-bond donors (Lipinski definition) is 3. The molecule has 0 aliphatic heterocycles. The quantitative estimate of drug-likeness (QED) is 0.706. The molecule has 0 aromatic heterocycles. The van der Waals surface area contributed by atoms with Gasteiger partial charge in [-0.25, -0.2) is 4.79 Å². The first-order valence-electron chi connectivity index (χ1n) is 7.02. The van der Waals surface area contributed by atoms with E-state index >= 15 is 0 Å². The van der Waals surface area contributed by atoms with Crippen molar-refractivity contribution in [3.63, 3.8) is 0 Å². The predicted molar refractivity (Wildman–Crippen MR) is 73.4 cm³/mol. The molecule has 4 heteroatoms. The first-order chi connectivity index (χ1) is 8.34. The fourth-order valence-electron chi connectivity index (χ4n) is 2.32. The number of urea groups is 1. The van der Waals surface area contributed by atoms with Crippen molar-refractivity contribution in [2.24, 2.45) is 11.3 Å². The van der Waals surface area contributed by atoms with Crippen LogP contribution in [0.4, 0.5) is 4.79 Å². The van der Waals surface area contributed by atoms with E-state index in [1.807, 2.05) is 0 Å². The summed E-state index contributed by atoms with van der Waals surface area (Å²) >= 11 is 0. The van der Waals surface area contributed by atoms with Crippen LogP contribution in [0, 0.1) is 11.3 Å². The minimum absolute atomic E-state index is 0.00362. The fraction of sp³-hybridized carbons (Fsp3) is 0.929. The first-order valence-corrected chi connectivity index (χ1v) is 7.02. The van der Waals surface area contributed by atoms with Gasteiger partial charge in [-0.2, -0.15) is 0 Å². The van der Waals surface area contributed by atoms with Crippen LogP contribution in [-0.2, 0) is 0 Å². The highest BCUT2D eigenvalue weighted by atomic mass is 16.3. The third kappa shape index (κ3) is 4.48. The number of nitrogens with one attached hydrogen (secondary N) is 2. The Morgan fingerprint density at radius 1 is 1.33 bits per heavy atom. The topological polar surface area (TPSA) is 61.4 Å². The minimum Gasteiger partial charge on any atom is -0.396 e. The summed E-state index contributed by atoms with van der Waals surface area (Å²) in [5.41, 5.74) is -0.0419. The first kappa shape index (κ1) is 15.3. The highest BCUT2D eigenvalue weighted by molar-refractivity contribution is 5.74. The van der Waals surface area contributed by atoms with Crippen LogP contribution in [0.2, 0.25) is 0 Å². The van der Waals surface area contributed by atoms with E-state index in [-0.39, 0.29) is 30.1 Å². The molecule has 1 aliphatic rings. The summed E-state index contributed by atoms with van der Waals surface area (Å²) in [7, 11) is 0. The highest BCUT2D eigenvalue weighted by Gasteiger charge is 2.28. The van der Waals surface area contributed by atoms with Gasteiger partial charge in [0.1, 0.15) is 0 Å². The normalized spacial score (nSPS) is 19.8. The lowest BCUT2D eigenvalue weighted by Gasteiger charge is -2.34.